The second kappa shape index (κ2) is 3.59. The number of carboxylic acid groups (broad SMARTS) is 1. The van der Waals surface area contributed by atoms with Crippen molar-refractivity contribution < 1.29 is 14.4 Å². The standard InChI is InChI=1S/C11H7N3O4/c15-10(16)7-4-8(18-14-7)5-2-1-3-6-9(5)13-11(17)12-6/h1-4H,(H,15,16)(H2,12,13,17). The third-order valence-electron chi connectivity index (χ3n) is 2.55. The van der Waals surface area contributed by atoms with Crippen molar-refractivity contribution >= 4 is 17.0 Å². The summed E-state index contributed by atoms with van der Waals surface area (Å²) in [7, 11) is 0. The molecule has 0 atom stereocenters. The molecule has 3 rings (SSSR count). The summed E-state index contributed by atoms with van der Waals surface area (Å²) in [5.41, 5.74) is 1.22. The average Bonchev–Trinajstić information content (AvgIpc) is 2.92. The summed E-state index contributed by atoms with van der Waals surface area (Å²) in [4.78, 5) is 27.2. The van der Waals surface area contributed by atoms with Gasteiger partial charge >= 0.3 is 11.7 Å². The third kappa shape index (κ3) is 1.49. The number of benzene rings is 1. The van der Waals surface area contributed by atoms with Crippen LogP contribution in [0.15, 0.2) is 33.6 Å². The monoisotopic (exact) mass is 245 g/mol. The van der Waals surface area contributed by atoms with Gasteiger partial charge in [-0.3, -0.25) is 0 Å². The molecule has 0 aliphatic heterocycles. The highest BCUT2D eigenvalue weighted by atomic mass is 16.5. The van der Waals surface area contributed by atoms with Gasteiger partial charge in [-0.05, 0) is 12.1 Å². The number of nitrogens with zero attached hydrogens (tertiary/aromatic N) is 1. The quantitative estimate of drug-likeness (QED) is 0.628. The van der Waals surface area contributed by atoms with E-state index in [4.69, 9.17) is 9.63 Å². The summed E-state index contributed by atoms with van der Waals surface area (Å²) < 4.78 is 4.96. The molecule has 0 aliphatic carbocycles. The summed E-state index contributed by atoms with van der Waals surface area (Å²) in [6.45, 7) is 0. The highest BCUT2D eigenvalue weighted by molar-refractivity contribution is 5.92. The van der Waals surface area contributed by atoms with Crippen LogP contribution in [0.3, 0.4) is 0 Å². The van der Waals surface area contributed by atoms with Gasteiger partial charge in [0, 0.05) is 11.6 Å². The molecule has 0 unspecified atom stereocenters. The number of carboxylic acids is 1. The lowest BCUT2D eigenvalue weighted by Crippen LogP contribution is -1.99. The minimum atomic E-state index is -1.17. The van der Waals surface area contributed by atoms with E-state index in [2.05, 4.69) is 15.1 Å². The topological polar surface area (TPSA) is 112 Å². The van der Waals surface area contributed by atoms with Gasteiger partial charge in [0.15, 0.2) is 11.5 Å². The Morgan fingerprint density at radius 1 is 1.33 bits per heavy atom. The number of nitrogens with one attached hydrogen (secondary N) is 2. The van der Waals surface area contributed by atoms with Crippen molar-refractivity contribution in [1.29, 1.82) is 0 Å². The zero-order valence-corrected chi connectivity index (χ0v) is 8.93. The fourth-order valence-electron chi connectivity index (χ4n) is 1.77. The van der Waals surface area contributed by atoms with Crippen molar-refractivity contribution in [1.82, 2.24) is 15.1 Å². The fraction of sp³-hybridized carbons (Fsp3) is 0. The van der Waals surface area contributed by atoms with Crippen LogP contribution < -0.4 is 5.69 Å². The molecule has 0 saturated carbocycles. The smallest absolute Gasteiger partial charge is 0.358 e. The predicted molar refractivity (Wildman–Crippen MR) is 61.4 cm³/mol. The number of imidazole rings is 1. The van der Waals surface area contributed by atoms with Gasteiger partial charge in [0.2, 0.25) is 0 Å². The van der Waals surface area contributed by atoms with E-state index in [1.165, 1.54) is 6.07 Å². The molecule has 1 aromatic carbocycles. The van der Waals surface area contributed by atoms with Crippen LogP contribution in [0.5, 0.6) is 0 Å². The van der Waals surface area contributed by atoms with Crippen LogP contribution in [0.4, 0.5) is 0 Å². The first-order chi connectivity index (χ1) is 8.65. The van der Waals surface area contributed by atoms with Crippen LogP contribution in [0.2, 0.25) is 0 Å². The maximum atomic E-state index is 11.2. The molecule has 0 fully saturated rings. The maximum Gasteiger partial charge on any atom is 0.358 e. The Labute approximate surface area is 99.0 Å². The number of hydrogen-bond donors (Lipinski definition) is 3. The van der Waals surface area contributed by atoms with Gasteiger partial charge in [-0.1, -0.05) is 11.2 Å². The Hall–Kier alpha value is -2.83. The number of para-hydroxylation sites is 1. The van der Waals surface area contributed by atoms with Gasteiger partial charge in [-0.2, -0.15) is 0 Å². The van der Waals surface area contributed by atoms with Gasteiger partial charge in [0.25, 0.3) is 0 Å². The van der Waals surface area contributed by atoms with E-state index in [1.54, 1.807) is 18.2 Å². The Morgan fingerprint density at radius 2 is 2.17 bits per heavy atom. The van der Waals surface area contributed by atoms with E-state index in [-0.39, 0.29) is 17.1 Å². The van der Waals surface area contributed by atoms with E-state index < -0.39 is 5.97 Å². The zero-order valence-electron chi connectivity index (χ0n) is 8.93. The molecule has 0 spiro atoms. The fourth-order valence-corrected chi connectivity index (χ4v) is 1.77. The van der Waals surface area contributed by atoms with Crippen LogP contribution in [-0.4, -0.2) is 26.2 Å². The Balaban J connectivity index is 2.24. The minimum Gasteiger partial charge on any atom is -0.476 e. The number of carbonyl (C=O) groups is 1. The largest absolute Gasteiger partial charge is 0.476 e. The molecule has 0 amide bonds. The van der Waals surface area contributed by atoms with Crippen molar-refractivity contribution in [3.8, 4) is 11.3 Å². The van der Waals surface area contributed by atoms with Crippen molar-refractivity contribution in [2.75, 3.05) is 0 Å². The van der Waals surface area contributed by atoms with Crippen LogP contribution in [-0.2, 0) is 0 Å². The number of aromatic amines is 2. The first-order valence-corrected chi connectivity index (χ1v) is 5.06. The van der Waals surface area contributed by atoms with E-state index in [0.29, 0.717) is 16.6 Å². The summed E-state index contributed by atoms with van der Waals surface area (Å²) in [6, 6.07) is 6.47. The van der Waals surface area contributed by atoms with Crippen LogP contribution in [0.25, 0.3) is 22.4 Å². The maximum absolute atomic E-state index is 11.2. The van der Waals surface area contributed by atoms with E-state index in [0.717, 1.165) is 0 Å². The van der Waals surface area contributed by atoms with Crippen molar-refractivity contribution in [2.45, 2.75) is 0 Å². The van der Waals surface area contributed by atoms with Crippen LogP contribution in [0, 0.1) is 0 Å². The molecule has 2 aromatic heterocycles. The molecule has 18 heavy (non-hydrogen) atoms. The number of hydrogen-bond acceptors (Lipinski definition) is 4. The Kier molecular flexibility index (Phi) is 2.06. The molecule has 0 saturated heterocycles. The minimum absolute atomic E-state index is 0.181. The van der Waals surface area contributed by atoms with Gasteiger partial charge in [0.05, 0.1) is 11.0 Å². The third-order valence-corrected chi connectivity index (χ3v) is 2.55. The highest BCUT2D eigenvalue weighted by Gasteiger charge is 2.15. The van der Waals surface area contributed by atoms with E-state index in [9.17, 15) is 9.59 Å². The first kappa shape index (κ1) is 10.3. The molecule has 90 valence electrons. The normalized spacial score (nSPS) is 10.9. The number of rotatable bonds is 2. The van der Waals surface area contributed by atoms with E-state index in [1.807, 2.05) is 0 Å². The number of fused-ring (bicyclic) bond motifs is 1. The summed E-state index contributed by atoms with van der Waals surface area (Å²) in [5, 5.41) is 12.2. The Bertz CT molecular complexity index is 796. The van der Waals surface area contributed by atoms with Gasteiger partial charge in [-0.15, -0.1) is 0 Å². The zero-order chi connectivity index (χ0) is 12.7. The molecule has 0 aliphatic rings. The second-order valence-electron chi connectivity index (χ2n) is 3.69. The van der Waals surface area contributed by atoms with Crippen molar-refractivity contribution in [3.05, 3.63) is 40.4 Å². The second-order valence-corrected chi connectivity index (χ2v) is 3.69. The lowest BCUT2D eigenvalue weighted by molar-refractivity contribution is 0.0686. The summed E-state index contributed by atoms with van der Waals surface area (Å²) in [5.74, 6) is -0.881. The molecule has 3 N–H and O–H groups in total. The molecule has 0 radical (unpaired) electrons. The van der Waals surface area contributed by atoms with Crippen molar-refractivity contribution in [3.63, 3.8) is 0 Å². The number of aromatic nitrogens is 3. The molecular weight excluding hydrogens is 238 g/mol. The first-order valence-electron chi connectivity index (χ1n) is 5.06. The average molecular weight is 245 g/mol. The van der Waals surface area contributed by atoms with Gasteiger partial charge < -0.3 is 19.6 Å². The predicted octanol–water partition coefficient (Wildman–Crippen LogP) is 1.21. The SMILES string of the molecule is O=C(O)c1cc(-c2cccc3[nH]c(=O)[nH]c23)on1. The van der Waals surface area contributed by atoms with Crippen molar-refractivity contribution in [2.24, 2.45) is 0 Å². The molecular formula is C11H7N3O4. The van der Waals surface area contributed by atoms with Gasteiger partial charge in [-0.25, -0.2) is 9.59 Å². The lowest BCUT2D eigenvalue weighted by atomic mass is 10.1. The molecule has 3 aromatic rings. The van der Waals surface area contributed by atoms with E-state index >= 15 is 0 Å². The van der Waals surface area contributed by atoms with Gasteiger partial charge in [0.1, 0.15) is 0 Å². The van der Waals surface area contributed by atoms with Crippen LogP contribution in [0.1, 0.15) is 10.5 Å². The molecule has 7 heteroatoms. The Morgan fingerprint density at radius 3 is 2.89 bits per heavy atom. The highest BCUT2D eigenvalue weighted by Crippen LogP contribution is 2.26. The summed E-state index contributed by atoms with van der Waals surface area (Å²) in [6.07, 6.45) is 0. The number of H-pyrrole nitrogens is 2. The molecule has 2 heterocycles. The number of aromatic carboxylic acids is 1. The van der Waals surface area contributed by atoms with Crippen LogP contribution >= 0.6 is 0 Å². The molecule has 0 bridgehead atoms. The molecule has 7 nitrogen and oxygen atoms in total. The lowest BCUT2D eigenvalue weighted by Gasteiger charge is -1.96. The summed E-state index contributed by atoms with van der Waals surface area (Å²) >= 11 is 0.